The second-order valence-corrected chi connectivity index (χ2v) is 8.80. The molecule has 9 nitrogen and oxygen atoms in total. The number of hydrogen-bond acceptors (Lipinski definition) is 7. The van der Waals surface area contributed by atoms with Gasteiger partial charge in [-0.1, -0.05) is 0 Å². The van der Waals surface area contributed by atoms with Crippen LogP contribution in [0.5, 0.6) is 23.0 Å². The summed E-state index contributed by atoms with van der Waals surface area (Å²) in [5.41, 5.74) is 0. The van der Waals surface area contributed by atoms with Crippen LogP contribution in [-0.2, 0) is 14.8 Å². The molecule has 1 saturated heterocycles. The summed E-state index contributed by atoms with van der Waals surface area (Å²) in [5.74, 6) is 1.32. The Morgan fingerprint density at radius 2 is 1.61 bits per heavy atom. The van der Waals surface area contributed by atoms with Crippen molar-refractivity contribution >= 4 is 15.9 Å². The molecule has 1 heterocycles. The van der Waals surface area contributed by atoms with Gasteiger partial charge < -0.3 is 24.2 Å². The zero-order chi connectivity index (χ0) is 22.4. The zero-order valence-electron chi connectivity index (χ0n) is 17.5. The third-order valence-corrected chi connectivity index (χ3v) is 6.94. The normalized spacial score (nSPS) is 14.8. The van der Waals surface area contributed by atoms with Crippen LogP contribution in [0.4, 0.5) is 0 Å². The van der Waals surface area contributed by atoms with Crippen LogP contribution in [-0.4, -0.2) is 75.6 Å². The summed E-state index contributed by atoms with van der Waals surface area (Å²) in [6.45, 7) is 1.20. The minimum absolute atomic E-state index is 0.0675. The topological polar surface area (TPSA) is 106 Å². The van der Waals surface area contributed by atoms with Gasteiger partial charge in [0.25, 0.3) is 0 Å². The van der Waals surface area contributed by atoms with Crippen molar-refractivity contribution in [2.45, 2.75) is 11.3 Å². The van der Waals surface area contributed by atoms with Crippen LogP contribution in [0.3, 0.4) is 0 Å². The molecule has 1 aliphatic heterocycles. The molecule has 1 aliphatic rings. The van der Waals surface area contributed by atoms with Crippen molar-refractivity contribution in [3.05, 3.63) is 42.5 Å². The average Bonchev–Trinajstić information content (AvgIpc) is 2.79. The molecule has 1 N–H and O–H groups in total. The van der Waals surface area contributed by atoms with Crippen molar-refractivity contribution in [3.63, 3.8) is 0 Å². The SMILES string of the molecule is COc1ccc(S(=O)(=O)N2CCN(C(=O)CCOc3ccc(O)cc3)CC2)c(OC)c1. The summed E-state index contributed by atoms with van der Waals surface area (Å²) in [6, 6.07) is 10.8. The molecule has 31 heavy (non-hydrogen) atoms. The number of nitrogens with zero attached hydrogens (tertiary/aromatic N) is 2. The maximum Gasteiger partial charge on any atom is 0.246 e. The van der Waals surface area contributed by atoms with Gasteiger partial charge in [0.1, 0.15) is 27.9 Å². The van der Waals surface area contributed by atoms with Gasteiger partial charge in [0.05, 0.1) is 27.2 Å². The fraction of sp³-hybridized carbons (Fsp3) is 0.381. The summed E-state index contributed by atoms with van der Waals surface area (Å²) >= 11 is 0. The Balaban J connectivity index is 1.54. The molecule has 168 valence electrons. The Kier molecular flexibility index (Phi) is 7.24. The number of hydrogen-bond donors (Lipinski definition) is 1. The molecule has 2 aromatic carbocycles. The number of aromatic hydroxyl groups is 1. The fourth-order valence-corrected chi connectivity index (χ4v) is 4.82. The van der Waals surface area contributed by atoms with Crippen LogP contribution >= 0.6 is 0 Å². The predicted molar refractivity (Wildman–Crippen MR) is 113 cm³/mol. The quantitative estimate of drug-likeness (QED) is 0.653. The first kappa shape index (κ1) is 22.7. The van der Waals surface area contributed by atoms with Crippen LogP contribution < -0.4 is 14.2 Å². The number of amides is 1. The minimum atomic E-state index is -3.77. The lowest BCUT2D eigenvalue weighted by molar-refractivity contribution is -0.132. The van der Waals surface area contributed by atoms with E-state index in [0.717, 1.165) is 0 Å². The lowest BCUT2D eigenvalue weighted by Crippen LogP contribution is -2.50. The molecule has 3 rings (SSSR count). The highest BCUT2D eigenvalue weighted by atomic mass is 32.2. The van der Waals surface area contributed by atoms with Gasteiger partial charge in [0.15, 0.2) is 0 Å². The smallest absolute Gasteiger partial charge is 0.246 e. The van der Waals surface area contributed by atoms with E-state index in [4.69, 9.17) is 14.2 Å². The van der Waals surface area contributed by atoms with Crippen LogP contribution in [0.25, 0.3) is 0 Å². The zero-order valence-corrected chi connectivity index (χ0v) is 18.3. The average molecular weight is 451 g/mol. The predicted octanol–water partition coefficient (Wildman–Crippen LogP) is 1.71. The number of ether oxygens (including phenoxy) is 3. The maximum absolute atomic E-state index is 13.1. The highest BCUT2D eigenvalue weighted by Gasteiger charge is 2.32. The Morgan fingerprint density at radius 1 is 0.968 bits per heavy atom. The number of benzene rings is 2. The van der Waals surface area contributed by atoms with E-state index in [9.17, 15) is 18.3 Å². The number of phenolic OH excluding ortho intramolecular Hbond substituents is 1. The first-order chi connectivity index (χ1) is 14.8. The lowest BCUT2D eigenvalue weighted by atomic mass is 10.3. The van der Waals surface area contributed by atoms with Crippen molar-refractivity contribution < 1.29 is 32.5 Å². The van der Waals surface area contributed by atoms with Crippen molar-refractivity contribution in [2.24, 2.45) is 0 Å². The molecule has 2 aromatic rings. The summed E-state index contributed by atoms with van der Waals surface area (Å²) in [4.78, 5) is 14.1. The van der Waals surface area contributed by atoms with Crippen molar-refractivity contribution in [1.29, 1.82) is 0 Å². The van der Waals surface area contributed by atoms with Crippen LogP contribution in [0.15, 0.2) is 47.4 Å². The van der Waals surface area contributed by atoms with Gasteiger partial charge in [-0.15, -0.1) is 0 Å². The van der Waals surface area contributed by atoms with Gasteiger partial charge in [-0.2, -0.15) is 4.31 Å². The monoisotopic (exact) mass is 450 g/mol. The first-order valence-corrected chi connectivity index (χ1v) is 11.2. The number of carbonyl (C=O) groups is 1. The molecule has 0 atom stereocenters. The van der Waals surface area contributed by atoms with Crippen molar-refractivity contribution in [3.8, 4) is 23.0 Å². The Bertz CT molecular complexity index is 1000. The van der Waals surface area contributed by atoms with Gasteiger partial charge in [0, 0.05) is 32.2 Å². The van der Waals surface area contributed by atoms with Gasteiger partial charge >= 0.3 is 0 Å². The lowest BCUT2D eigenvalue weighted by Gasteiger charge is -2.34. The molecule has 0 aromatic heterocycles. The number of methoxy groups -OCH3 is 2. The van der Waals surface area contributed by atoms with Crippen molar-refractivity contribution in [2.75, 3.05) is 47.0 Å². The Labute approximate surface area is 181 Å². The molecule has 0 aliphatic carbocycles. The van der Waals surface area contributed by atoms with Gasteiger partial charge in [0.2, 0.25) is 15.9 Å². The van der Waals surface area contributed by atoms with E-state index < -0.39 is 10.0 Å². The molecule has 1 amide bonds. The van der Waals surface area contributed by atoms with Crippen LogP contribution in [0.2, 0.25) is 0 Å². The number of sulfonamides is 1. The standard InChI is InChI=1S/C21H26N2O7S/c1-28-18-7-8-20(19(15-18)29-2)31(26,27)23-12-10-22(11-13-23)21(25)9-14-30-17-5-3-16(24)4-6-17/h3-8,15,24H,9-14H2,1-2H3. The third-order valence-electron chi connectivity index (χ3n) is 5.00. The van der Waals surface area contributed by atoms with E-state index in [1.165, 1.54) is 42.8 Å². The fourth-order valence-electron chi connectivity index (χ4n) is 3.26. The molecule has 0 radical (unpaired) electrons. The van der Waals surface area contributed by atoms with E-state index in [1.807, 2.05) is 0 Å². The second-order valence-electron chi connectivity index (χ2n) is 6.89. The van der Waals surface area contributed by atoms with E-state index in [2.05, 4.69) is 0 Å². The third kappa shape index (κ3) is 5.39. The number of phenols is 1. The molecule has 1 fully saturated rings. The van der Waals surface area contributed by atoms with E-state index in [1.54, 1.807) is 23.1 Å². The highest BCUT2D eigenvalue weighted by Crippen LogP contribution is 2.31. The summed E-state index contributed by atoms with van der Waals surface area (Å²) in [5, 5.41) is 9.27. The van der Waals surface area contributed by atoms with Crippen molar-refractivity contribution in [1.82, 2.24) is 9.21 Å². The largest absolute Gasteiger partial charge is 0.508 e. The number of piperazine rings is 1. The van der Waals surface area contributed by atoms with Crippen LogP contribution in [0, 0.1) is 0 Å². The van der Waals surface area contributed by atoms with Gasteiger partial charge in [-0.3, -0.25) is 4.79 Å². The summed E-state index contributed by atoms with van der Waals surface area (Å²) in [6.07, 6.45) is 0.180. The molecular weight excluding hydrogens is 424 g/mol. The summed E-state index contributed by atoms with van der Waals surface area (Å²) in [7, 11) is -0.863. The first-order valence-electron chi connectivity index (χ1n) is 9.77. The van der Waals surface area contributed by atoms with E-state index >= 15 is 0 Å². The Morgan fingerprint density at radius 3 is 2.23 bits per heavy atom. The van der Waals surface area contributed by atoms with E-state index in [0.29, 0.717) is 24.6 Å². The maximum atomic E-state index is 13.1. The Hall–Kier alpha value is -2.98. The van der Waals surface area contributed by atoms with Gasteiger partial charge in [-0.05, 0) is 36.4 Å². The van der Waals surface area contributed by atoms with Crippen LogP contribution in [0.1, 0.15) is 6.42 Å². The highest BCUT2D eigenvalue weighted by molar-refractivity contribution is 7.89. The minimum Gasteiger partial charge on any atom is -0.508 e. The number of carbonyl (C=O) groups excluding carboxylic acids is 1. The number of rotatable bonds is 8. The molecule has 10 heteroatoms. The molecule has 0 spiro atoms. The molecule has 0 saturated carbocycles. The summed E-state index contributed by atoms with van der Waals surface area (Å²) < 4.78 is 43.3. The van der Waals surface area contributed by atoms with Gasteiger partial charge in [-0.25, -0.2) is 8.42 Å². The second kappa shape index (κ2) is 9.88. The molecule has 0 bridgehead atoms. The van der Waals surface area contributed by atoms with E-state index in [-0.39, 0.29) is 48.4 Å². The molecular formula is C21H26N2O7S. The molecule has 0 unspecified atom stereocenters.